The van der Waals surface area contributed by atoms with Gasteiger partial charge in [-0.25, -0.2) is 0 Å². The number of hydrogen-bond donors (Lipinski definition) is 2. The number of ether oxygens (including phenoxy) is 1. The first-order valence-electron chi connectivity index (χ1n) is 4.75. The average Bonchev–Trinajstić information content (AvgIpc) is 2.16. The Morgan fingerprint density at radius 2 is 2.21 bits per heavy atom. The molecule has 0 radical (unpaired) electrons. The van der Waals surface area contributed by atoms with Gasteiger partial charge in [-0.1, -0.05) is 6.07 Å². The molecule has 0 aromatic heterocycles. The Hall–Kier alpha value is -1.22. The van der Waals surface area contributed by atoms with Crippen LogP contribution in [0.1, 0.15) is 18.9 Å². The zero-order valence-electron chi connectivity index (χ0n) is 8.66. The van der Waals surface area contributed by atoms with E-state index < -0.39 is 0 Å². The van der Waals surface area contributed by atoms with E-state index >= 15 is 0 Å². The maximum absolute atomic E-state index is 9.36. The van der Waals surface area contributed by atoms with E-state index in [1.807, 2.05) is 19.1 Å². The summed E-state index contributed by atoms with van der Waals surface area (Å²) in [6.07, 6.45) is 1.85. The molecule has 1 atom stereocenters. The van der Waals surface area contributed by atoms with E-state index in [-0.39, 0.29) is 11.8 Å². The number of rotatable bonds is 4. The number of aryl methyl sites for hydroxylation is 1. The third-order valence-corrected chi connectivity index (χ3v) is 2.13. The Bertz CT molecular complexity index is 297. The third-order valence-electron chi connectivity index (χ3n) is 2.13. The molecule has 78 valence electrons. The van der Waals surface area contributed by atoms with Crippen LogP contribution in [0.5, 0.6) is 11.5 Å². The van der Waals surface area contributed by atoms with Crippen molar-refractivity contribution in [3.63, 3.8) is 0 Å². The largest absolute Gasteiger partial charge is 0.504 e. The number of methoxy groups -OCH3 is 1. The number of phenols is 1. The predicted molar refractivity (Wildman–Crippen MR) is 56.6 cm³/mol. The van der Waals surface area contributed by atoms with Crippen molar-refractivity contribution in [1.82, 2.24) is 0 Å². The van der Waals surface area contributed by atoms with Gasteiger partial charge in [0.2, 0.25) is 0 Å². The van der Waals surface area contributed by atoms with Gasteiger partial charge in [0, 0.05) is 6.04 Å². The van der Waals surface area contributed by atoms with Crippen LogP contribution in [0.3, 0.4) is 0 Å². The molecule has 0 aliphatic carbocycles. The van der Waals surface area contributed by atoms with E-state index in [1.165, 1.54) is 0 Å². The lowest BCUT2D eigenvalue weighted by Gasteiger charge is -2.08. The third kappa shape index (κ3) is 2.92. The number of benzene rings is 1. The van der Waals surface area contributed by atoms with Crippen LogP contribution < -0.4 is 10.5 Å². The number of phenolic OH excluding ortho intramolecular Hbond substituents is 1. The van der Waals surface area contributed by atoms with E-state index in [1.54, 1.807) is 13.2 Å². The monoisotopic (exact) mass is 195 g/mol. The van der Waals surface area contributed by atoms with Crippen molar-refractivity contribution in [2.75, 3.05) is 7.11 Å². The van der Waals surface area contributed by atoms with Crippen LogP contribution in [0.25, 0.3) is 0 Å². The van der Waals surface area contributed by atoms with Crippen molar-refractivity contribution < 1.29 is 9.84 Å². The SMILES string of the molecule is COc1cc(CC[C@H](C)N)ccc1O. The van der Waals surface area contributed by atoms with Gasteiger partial charge in [-0.15, -0.1) is 0 Å². The normalized spacial score (nSPS) is 12.5. The van der Waals surface area contributed by atoms with Crippen molar-refractivity contribution in [3.05, 3.63) is 23.8 Å². The number of hydrogen-bond acceptors (Lipinski definition) is 3. The Morgan fingerprint density at radius 3 is 2.79 bits per heavy atom. The molecule has 0 aliphatic rings. The molecule has 0 unspecified atom stereocenters. The highest BCUT2D eigenvalue weighted by atomic mass is 16.5. The average molecular weight is 195 g/mol. The summed E-state index contributed by atoms with van der Waals surface area (Å²) >= 11 is 0. The fraction of sp³-hybridized carbons (Fsp3) is 0.455. The van der Waals surface area contributed by atoms with Crippen molar-refractivity contribution in [2.24, 2.45) is 5.73 Å². The van der Waals surface area contributed by atoms with Crippen molar-refractivity contribution in [3.8, 4) is 11.5 Å². The second-order valence-corrected chi connectivity index (χ2v) is 3.52. The first-order valence-corrected chi connectivity index (χ1v) is 4.75. The Morgan fingerprint density at radius 1 is 1.50 bits per heavy atom. The summed E-state index contributed by atoms with van der Waals surface area (Å²) in [6.45, 7) is 1.98. The molecule has 1 aromatic rings. The van der Waals surface area contributed by atoms with Gasteiger partial charge in [0.15, 0.2) is 11.5 Å². The van der Waals surface area contributed by atoms with Gasteiger partial charge >= 0.3 is 0 Å². The van der Waals surface area contributed by atoms with E-state index in [2.05, 4.69) is 0 Å². The van der Waals surface area contributed by atoms with Gasteiger partial charge in [-0.3, -0.25) is 0 Å². The van der Waals surface area contributed by atoms with Crippen LogP contribution in [0.15, 0.2) is 18.2 Å². The second kappa shape index (κ2) is 4.86. The lowest BCUT2D eigenvalue weighted by molar-refractivity contribution is 0.373. The standard InChI is InChI=1S/C11H17NO2/c1-8(12)3-4-9-5-6-10(13)11(7-9)14-2/h5-8,13H,3-4,12H2,1-2H3/t8-/m0/s1. The van der Waals surface area contributed by atoms with Crippen LogP contribution in [-0.2, 0) is 6.42 Å². The molecule has 3 N–H and O–H groups in total. The molecule has 1 aromatic carbocycles. The quantitative estimate of drug-likeness (QED) is 0.768. The molecule has 0 heterocycles. The Balaban J connectivity index is 2.69. The van der Waals surface area contributed by atoms with Crippen LogP contribution >= 0.6 is 0 Å². The fourth-order valence-electron chi connectivity index (χ4n) is 1.27. The smallest absolute Gasteiger partial charge is 0.160 e. The lowest BCUT2D eigenvalue weighted by atomic mass is 10.1. The van der Waals surface area contributed by atoms with Crippen LogP contribution in [-0.4, -0.2) is 18.3 Å². The van der Waals surface area contributed by atoms with E-state index in [0.29, 0.717) is 5.75 Å². The molecule has 3 nitrogen and oxygen atoms in total. The molecule has 1 rings (SSSR count). The summed E-state index contributed by atoms with van der Waals surface area (Å²) in [4.78, 5) is 0. The minimum Gasteiger partial charge on any atom is -0.504 e. The predicted octanol–water partition coefficient (Wildman–Crippen LogP) is 1.68. The fourth-order valence-corrected chi connectivity index (χ4v) is 1.27. The maximum atomic E-state index is 9.36. The topological polar surface area (TPSA) is 55.5 Å². The molecule has 14 heavy (non-hydrogen) atoms. The van der Waals surface area contributed by atoms with E-state index in [0.717, 1.165) is 18.4 Å². The van der Waals surface area contributed by atoms with Crippen molar-refractivity contribution in [2.45, 2.75) is 25.8 Å². The second-order valence-electron chi connectivity index (χ2n) is 3.52. The zero-order valence-corrected chi connectivity index (χ0v) is 8.66. The number of aromatic hydroxyl groups is 1. The summed E-state index contributed by atoms with van der Waals surface area (Å²) in [6, 6.07) is 5.59. The Kier molecular flexibility index (Phi) is 3.77. The summed E-state index contributed by atoms with van der Waals surface area (Å²) in [5, 5.41) is 9.36. The molecule has 0 amide bonds. The van der Waals surface area contributed by atoms with Crippen LogP contribution in [0.4, 0.5) is 0 Å². The highest BCUT2D eigenvalue weighted by Crippen LogP contribution is 2.26. The van der Waals surface area contributed by atoms with Crippen molar-refractivity contribution in [1.29, 1.82) is 0 Å². The van der Waals surface area contributed by atoms with Gasteiger partial charge in [0.05, 0.1) is 7.11 Å². The molecule has 0 saturated heterocycles. The van der Waals surface area contributed by atoms with E-state index in [4.69, 9.17) is 10.5 Å². The molecular formula is C11H17NO2. The summed E-state index contributed by atoms with van der Waals surface area (Å²) in [5.74, 6) is 0.698. The van der Waals surface area contributed by atoms with E-state index in [9.17, 15) is 5.11 Å². The molecule has 0 fully saturated rings. The van der Waals surface area contributed by atoms with Gasteiger partial charge < -0.3 is 15.6 Å². The van der Waals surface area contributed by atoms with Gasteiger partial charge in [0.25, 0.3) is 0 Å². The molecule has 0 spiro atoms. The first kappa shape index (κ1) is 10.9. The van der Waals surface area contributed by atoms with Crippen LogP contribution in [0, 0.1) is 0 Å². The van der Waals surface area contributed by atoms with Gasteiger partial charge in [-0.2, -0.15) is 0 Å². The van der Waals surface area contributed by atoms with Crippen molar-refractivity contribution >= 4 is 0 Å². The molecule has 3 heteroatoms. The molecule has 0 saturated carbocycles. The molecule has 0 bridgehead atoms. The molecule has 0 aliphatic heterocycles. The summed E-state index contributed by atoms with van der Waals surface area (Å²) in [5.41, 5.74) is 6.80. The van der Waals surface area contributed by atoms with Gasteiger partial charge in [0.1, 0.15) is 0 Å². The highest BCUT2D eigenvalue weighted by molar-refractivity contribution is 5.41. The minimum absolute atomic E-state index is 0.178. The minimum atomic E-state index is 0.178. The molecular weight excluding hydrogens is 178 g/mol. The highest BCUT2D eigenvalue weighted by Gasteiger charge is 2.03. The zero-order chi connectivity index (χ0) is 10.6. The first-order chi connectivity index (χ1) is 6.63. The Labute approximate surface area is 84.5 Å². The summed E-state index contributed by atoms with van der Waals surface area (Å²) < 4.78 is 5.01. The summed E-state index contributed by atoms with van der Waals surface area (Å²) in [7, 11) is 1.55. The maximum Gasteiger partial charge on any atom is 0.160 e. The number of nitrogens with two attached hydrogens (primary N) is 1. The van der Waals surface area contributed by atoms with Gasteiger partial charge in [-0.05, 0) is 37.5 Å². The van der Waals surface area contributed by atoms with Crippen LogP contribution in [0.2, 0.25) is 0 Å². The lowest BCUT2D eigenvalue weighted by Crippen LogP contribution is -2.15.